The van der Waals surface area contributed by atoms with Crippen molar-refractivity contribution in [2.75, 3.05) is 19.6 Å². The maximum Gasteiger partial charge on any atom is 0.140 e. The van der Waals surface area contributed by atoms with E-state index in [1.54, 1.807) is 0 Å². The number of hydrogen-bond donors (Lipinski definition) is 1. The van der Waals surface area contributed by atoms with Gasteiger partial charge in [0.1, 0.15) is 6.10 Å². The van der Waals surface area contributed by atoms with E-state index in [1.807, 2.05) is 30.3 Å². The van der Waals surface area contributed by atoms with Crippen LogP contribution in [-0.2, 0) is 0 Å². The number of halogens is 1. The minimum atomic E-state index is -0.642. The van der Waals surface area contributed by atoms with Gasteiger partial charge < -0.3 is 10.0 Å². The Morgan fingerprint density at radius 1 is 1.10 bits per heavy atom. The first-order valence-electron chi connectivity index (χ1n) is 7.30. The Bertz CT molecular complexity index is 418. The zero-order chi connectivity index (χ0) is 13.3. The van der Waals surface area contributed by atoms with Crippen molar-refractivity contribution in [3.63, 3.8) is 0 Å². The van der Waals surface area contributed by atoms with Crippen LogP contribution in [0.3, 0.4) is 0 Å². The summed E-state index contributed by atoms with van der Waals surface area (Å²) in [6.45, 7) is 3.65. The molecule has 1 atom stereocenters. The van der Waals surface area contributed by atoms with Gasteiger partial charge in [-0.15, -0.1) is 18.3 Å². The molecule has 1 fully saturated rings. The second-order valence-electron chi connectivity index (χ2n) is 5.14. The second kappa shape index (κ2) is 9.83. The molecule has 0 bridgehead atoms. The fraction of sp³-hybridized carbons (Fsp3) is 0.529. The van der Waals surface area contributed by atoms with Crippen LogP contribution in [0, 0.1) is 11.8 Å². The molecule has 2 rings (SSSR count). The monoisotopic (exact) mass is 293 g/mol. The summed E-state index contributed by atoms with van der Waals surface area (Å²) >= 11 is 0. The lowest BCUT2D eigenvalue weighted by Crippen LogP contribution is -2.30. The van der Waals surface area contributed by atoms with Crippen molar-refractivity contribution in [1.82, 2.24) is 4.90 Å². The summed E-state index contributed by atoms with van der Waals surface area (Å²) < 4.78 is 0. The molecule has 1 heterocycles. The van der Waals surface area contributed by atoms with Crippen LogP contribution in [0.4, 0.5) is 0 Å². The number of aliphatic hydroxyl groups excluding tert-OH is 1. The number of nitrogens with zero attached hydrogens (tertiary/aromatic N) is 1. The van der Waals surface area contributed by atoms with Gasteiger partial charge in [-0.3, -0.25) is 0 Å². The zero-order valence-electron chi connectivity index (χ0n) is 11.9. The minimum Gasteiger partial charge on any atom is -0.376 e. The van der Waals surface area contributed by atoms with Gasteiger partial charge in [0.15, 0.2) is 0 Å². The molecule has 1 saturated heterocycles. The molecular formula is C17H24ClNO. The first kappa shape index (κ1) is 17.0. The van der Waals surface area contributed by atoms with Gasteiger partial charge in [0, 0.05) is 6.42 Å². The molecule has 20 heavy (non-hydrogen) atoms. The molecule has 110 valence electrons. The van der Waals surface area contributed by atoms with Gasteiger partial charge in [0.25, 0.3) is 0 Å². The van der Waals surface area contributed by atoms with Crippen LogP contribution >= 0.6 is 12.4 Å². The van der Waals surface area contributed by atoms with Crippen LogP contribution in [0.1, 0.15) is 43.8 Å². The third-order valence-electron chi connectivity index (χ3n) is 3.58. The van der Waals surface area contributed by atoms with Gasteiger partial charge in [-0.05, 0) is 44.5 Å². The fourth-order valence-corrected chi connectivity index (χ4v) is 2.46. The van der Waals surface area contributed by atoms with E-state index in [0.29, 0.717) is 0 Å². The second-order valence-corrected chi connectivity index (χ2v) is 5.14. The van der Waals surface area contributed by atoms with Gasteiger partial charge >= 0.3 is 0 Å². The fourth-order valence-electron chi connectivity index (χ4n) is 2.46. The number of unbranched alkanes of at least 4 members (excludes halogenated alkanes) is 1. The number of benzene rings is 1. The van der Waals surface area contributed by atoms with Gasteiger partial charge in [-0.25, -0.2) is 0 Å². The highest BCUT2D eigenvalue weighted by Crippen LogP contribution is 2.11. The molecule has 0 aromatic heterocycles. The van der Waals surface area contributed by atoms with Crippen LogP contribution in [0.15, 0.2) is 30.3 Å². The van der Waals surface area contributed by atoms with Crippen molar-refractivity contribution < 1.29 is 5.11 Å². The van der Waals surface area contributed by atoms with Crippen LogP contribution in [-0.4, -0.2) is 29.6 Å². The van der Waals surface area contributed by atoms with Crippen molar-refractivity contribution >= 4 is 12.4 Å². The first-order chi connectivity index (χ1) is 9.36. The van der Waals surface area contributed by atoms with E-state index < -0.39 is 6.10 Å². The molecule has 1 aliphatic heterocycles. The summed E-state index contributed by atoms with van der Waals surface area (Å²) in [6, 6.07) is 9.62. The Morgan fingerprint density at radius 3 is 2.50 bits per heavy atom. The Morgan fingerprint density at radius 2 is 1.80 bits per heavy atom. The summed E-state index contributed by atoms with van der Waals surface area (Å²) in [7, 11) is 0. The van der Waals surface area contributed by atoms with E-state index in [0.717, 1.165) is 24.9 Å². The van der Waals surface area contributed by atoms with E-state index in [4.69, 9.17) is 0 Å². The van der Waals surface area contributed by atoms with Crippen molar-refractivity contribution in [2.24, 2.45) is 0 Å². The first-order valence-corrected chi connectivity index (χ1v) is 7.30. The number of hydrogen-bond acceptors (Lipinski definition) is 2. The largest absolute Gasteiger partial charge is 0.376 e. The van der Waals surface area contributed by atoms with Crippen LogP contribution in [0.25, 0.3) is 0 Å². The average Bonchev–Trinajstić information content (AvgIpc) is 2.49. The zero-order valence-corrected chi connectivity index (χ0v) is 12.7. The number of rotatable bonds is 4. The van der Waals surface area contributed by atoms with Crippen molar-refractivity contribution in [3.05, 3.63) is 35.9 Å². The Hall–Kier alpha value is -1.01. The summed E-state index contributed by atoms with van der Waals surface area (Å²) in [5.74, 6) is 6.02. The highest BCUT2D eigenvalue weighted by atomic mass is 35.5. The maximum absolute atomic E-state index is 9.88. The van der Waals surface area contributed by atoms with E-state index in [2.05, 4.69) is 16.7 Å². The summed E-state index contributed by atoms with van der Waals surface area (Å²) in [4.78, 5) is 2.53. The Labute approximate surface area is 128 Å². The van der Waals surface area contributed by atoms with E-state index in [1.165, 1.54) is 32.4 Å². The Balaban J connectivity index is 0.00000200. The third-order valence-corrected chi connectivity index (χ3v) is 3.58. The molecule has 0 saturated carbocycles. The van der Waals surface area contributed by atoms with Gasteiger partial charge in [0.05, 0.1) is 0 Å². The molecule has 0 amide bonds. The molecule has 2 nitrogen and oxygen atoms in total. The average molecular weight is 294 g/mol. The van der Waals surface area contributed by atoms with Gasteiger partial charge in [-0.1, -0.05) is 42.7 Å². The minimum absolute atomic E-state index is 0. The summed E-state index contributed by atoms with van der Waals surface area (Å²) in [5, 5.41) is 9.88. The quantitative estimate of drug-likeness (QED) is 0.679. The number of aliphatic hydroxyl groups is 1. The highest BCUT2D eigenvalue weighted by Gasteiger charge is 2.08. The van der Waals surface area contributed by atoms with E-state index in [9.17, 15) is 5.11 Å². The topological polar surface area (TPSA) is 23.5 Å². The smallest absolute Gasteiger partial charge is 0.140 e. The molecular weight excluding hydrogens is 270 g/mol. The van der Waals surface area contributed by atoms with Crippen molar-refractivity contribution in [1.29, 1.82) is 0 Å². The van der Waals surface area contributed by atoms with E-state index >= 15 is 0 Å². The molecule has 3 heteroatoms. The standard InChI is InChI=1S/C17H23NO.ClH/c19-17(16-10-4-1-5-11-16)12-6-2-7-13-18-14-8-3-9-15-18;/h1,4-5,10-11,17,19H,2-3,7-9,13-15H2;1H. The maximum atomic E-state index is 9.88. The van der Waals surface area contributed by atoms with Crippen molar-refractivity contribution in [3.8, 4) is 11.8 Å². The molecule has 1 N–H and O–H groups in total. The molecule has 0 spiro atoms. The number of likely N-dealkylation sites (tertiary alicyclic amines) is 1. The van der Waals surface area contributed by atoms with Crippen LogP contribution < -0.4 is 0 Å². The Kier molecular flexibility index (Phi) is 8.37. The summed E-state index contributed by atoms with van der Waals surface area (Å²) in [5.41, 5.74) is 0.881. The molecule has 1 aliphatic rings. The molecule has 0 radical (unpaired) electrons. The lowest BCUT2D eigenvalue weighted by atomic mass is 10.1. The predicted octanol–water partition coefficient (Wildman–Crippen LogP) is 3.41. The van der Waals surface area contributed by atoms with Gasteiger partial charge in [0.2, 0.25) is 0 Å². The third kappa shape index (κ3) is 5.96. The lowest BCUT2D eigenvalue weighted by Gasteiger charge is -2.25. The summed E-state index contributed by atoms with van der Waals surface area (Å²) in [6.07, 6.45) is 5.42. The molecule has 1 aromatic carbocycles. The van der Waals surface area contributed by atoms with Crippen LogP contribution in [0.5, 0.6) is 0 Å². The van der Waals surface area contributed by atoms with Crippen molar-refractivity contribution in [2.45, 2.75) is 38.2 Å². The number of piperidine rings is 1. The van der Waals surface area contributed by atoms with Gasteiger partial charge in [-0.2, -0.15) is 0 Å². The van der Waals surface area contributed by atoms with Crippen LogP contribution in [0.2, 0.25) is 0 Å². The molecule has 0 aliphatic carbocycles. The van der Waals surface area contributed by atoms with E-state index in [-0.39, 0.29) is 12.4 Å². The predicted molar refractivity (Wildman–Crippen MR) is 86.0 cm³/mol. The highest BCUT2D eigenvalue weighted by molar-refractivity contribution is 5.85. The molecule has 1 unspecified atom stereocenters. The molecule has 1 aromatic rings. The SMILES string of the molecule is Cl.OC(C#CCCCN1CCCCC1)c1ccccc1. The normalized spacial score (nSPS) is 16.6. The lowest BCUT2D eigenvalue weighted by molar-refractivity contribution is 0.227.